The van der Waals surface area contributed by atoms with Gasteiger partial charge in [0.05, 0.1) is 36.1 Å². The molecule has 0 aromatic heterocycles. The molecule has 0 bridgehead atoms. The predicted octanol–water partition coefficient (Wildman–Crippen LogP) is 2.32. The Morgan fingerprint density at radius 2 is 2.35 bits per heavy atom. The lowest BCUT2D eigenvalue weighted by Crippen LogP contribution is -2.43. The molecular weight excluding hydrogens is 280 g/mol. The van der Waals surface area contributed by atoms with Crippen LogP contribution in [-0.2, 0) is 9.47 Å². The third-order valence-electron chi connectivity index (χ3n) is 3.40. The first-order chi connectivity index (χ1) is 9.56. The van der Waals surface area contributed by atoms with E-state index in [1.807, 2.05) is 0 Å². The largest absolute Gasteiger partial charge is 0.465 e. The number of nitrogens with zero attached hydrogens (tertiary/aromatic N) is 1. The lowest BCUT2D eigenvalue weighted by atomic mass is 10.1. The Kier molecular flexibility index (Phi) is 4.73. The molecule has 1 aromatic carbocycles. The van der Waals surface area contributed by atoms with Crippen molar-refractivity contribution >= 4 is 28.9 Å². The highest BCUT2D eigenvalue weighted by Gasteiger charge is 2.26. The number of anilines is 2. The third-order valence-corrected chi connectivity index (χ3v) is 3.69. The molecule has 2 rings (SSSR count). The summed E-state index contributed by atoms with van der Waals surface area (Å²) in [5.74, 6) is -0.436. The van der Waals surface area contributed by atoms with E-state index in [2.05, 4.69) is 11.8 Å². The molecule has 0 amide bonds. The van der Waals surface area contributed by atoms with Crippen molar-refractivity contribution in [2.75, 3.05) is 37.4 Å². The van der Waals surface area contributed by atoms with Crippen molar-refractivity contribution in [3.05, 3.63) is 22.7 Å². The summed E-state index contributed by atoms with van der Waals surface area (Å²) in [6.07, 6.45) is 1.05. The Balaban J connectivity index is 2.41. The van der Waals surface area contributed by atoms with Gasteiger partial charge in [0.2, 0.25) is 0 Å². The van der Waals surface area contributed by atoms with Crippen LogP contribution in [0.2, 0.25) is 5.02 Å². The van der Waals surface area contributed by atoms with E-state index in [0.717, 1.165) is 6.42 Å². The molecule has 1 saturated heterocycles. The summed E-state index contributed by atoms with van der Waals surface area (Å²) in [6.45, 7) is 4.06. The smallest absolute Gasteiger partial charge is 0.340 e. The molecule has 1 heterocycles. The van der Waals surface area contributed by atoms with Gasteiger partial charge in [0.1, 0.15) is 0 Å². The second-order valence-corrected chi connectivity index (χ2v) is 5.14. The molecule has 1 aliphatic heterocycles. The number of nitrogen functional groups attached to an aromatic ring is 1. The number of ether oxygens (including phenoxy) is 2. The van der Waals surface area contributed by atoms with Crippen LogP contribution in [0.1, 0.15) is 23.7 Å². The molecule has 0 saturated carbocycles. The number of carbonyl (C=O) groups excluding carboxylic acids is 1. The molecule has 1 aromatic rings. The molecule has 1 unspecified atom stereocenters. The van der Waals surface area contributed by atoms with Crippen molar-refractivity contribution in [3.63, 3.8) is 0 Å². The van der Waals surface area contributed by atoms with Crippen LogP contribution in [0, 0.1) is 0 Å². The second kappa shape index (κ2) is 6.33. The number of esters is 1. The molecule has 2 N–H and O–H groups in total. The Labute approximate surface area is 123 Å². The summed E-state index contributed by atoms with van der Waals surface area (Å²) in [4.78, 5) is 14.0. The fourth-order valence-electron chi connectivity index (χ4n) is 2.38. The van der Waals surface area contributed by atoms with E-state index >= 15 is 0 Å². The highest BCUT2D eigenvalue weighted by Crippen LogP contribution is 2.34. The van der Waals surface area contributed by atoms with Crippen molar-refractivity contribution in [2.24, 2.45) is 0 Å². The van der Waals surface area contributed by atoms with Crippen LogP contribution in [0.25, 0.3) is 0 Å². The molecule has 1 aliphatic rings. The van der Waals surface area contributed by atoms with Crippen molar-refractivity contribution in [3.8, 4) is 0 Å². The van der Waals surface area contributed by atoms with Gasteiger partial charge in [-0.05, 0) is 18.6 Å². The fourth-order valence-corrected chi connectivity index (χ4v) is 2.72. The Bertz CT molecular complexity index is 507. The minimum atomic E-state index is -0.436. The monoisotopic (exact) mass is 298 g/mol. The van der Waals surface area contributed by atoms with Gasteiger partial charge in [-0.1, -0.05) is 18.5 Å². The maximum Gasteiger partial charge on any atom is 0.340 e. The van der Waals surface area contributed by atoms with Gasteiger partial charge < -0.3 is 20.1 Å². The van der Waals surface area contributed by atoms with Gasteiger partial charge in [0, 0.05) is 18.8 Å². The summed E-state index contributed by atoms with van der Waals surface area (Å²) in [5, 5.41) is 0.460. The van der Waals surface area contributed by atoms with Crippen LogP contribution in [0.5, 0.6) is 0 Å². The highest BCUT2D eigenvalue weighted by atomic mass is 35.5. The van der Waals surface area contributed by atoms with Crippen LogP contribution < -0.4 is 10.6 Å². The van der Waals surface area contributed by atoms with E-state index in [1.165, 1.54) is 7.11 Å². The standard InChI is InChI=1S/C14H19ClN2O3/c1-3-10-8-17(4-5-20-10)13-11(14(18)19-2)6-9(16)7-12(13)15/h6-7,10H,3-5,8,16H2,1-2H3. The van der Waals surface area contributed by atoms with Crippen LogP contribution in [0.3, 0.4) is 0 Å². The molecule has 0 radical (unpaired) electrons. The van der Waals surface area contributed by atoms with Crippen molar-refractivity contribution in [2.45, 2.75) is 19.4 Å². The van der Waals surface area contributed by atoms with E-state index in [4.69, 9.17) is 26.8 Å². The van der Waals surface area contributed by atoms with Gasteiger partial charge >= 0.3 is 5.97 Å². The molecule has 1 atom stereocenters. The molecular formula is C14H19ClN2O3. The van der Waals surface area contributed by atoms with E-state index in [1.54, 1.807) is 12.1 Å². The SMILES string of the molecule is CCC1CN(c2c(Cl)cc(N)cc2C(=O)OC)CCO1. The lowest BCUT2D eigenvalue weighted by Gasteiger charge is -2.35. The maximum atomic E-state index is 11.9. The van der Waals surface area contributed by atoms with E-state index in [9.17, 15) is 4.79 Å². The zero-order valence-electron chi connectivity index (χ0n) is 11.7. The third kappa shape index (κ3) is 2.99. The number of methoxy groups -OCH3 is 1. The van der Waals surface area contributed by atoms with E-state index in [-0.39, 0.29) is 6.10 Å². The number of hydrogen-bond acceptors (Lipinski definition) is 5. The van der Waals surface area contributed by atoms with Crippen molar-refractivity contribution in [1.29, 1.82) is 0 Å². The number of carbonyl (C=O) groups is 1. The number of rotatable bonds is 3. The number of benzene rings is 1. The Morgan fingerprint density at radius 1 is 1.60 bits per heavy atom. The normalized spacial score (nSPS) is 18.9. The number of morpholine rings is 1. The first kappa shape index (κ1) is 14.9. The minimum absolute atomic E-state index is 0.142. The summed E-state index contributed by atoms with van der Waals surface area (Å²) in [5.41, 5.74) is 7.29. The van der Waals surface area contributed by atoms with Gasteiger partial charge in [-0.2, -0.15) is 0 Å². The van der Waals surface area contributed by atoms with Gasteiger partial charge in [-0.3, -0.25) is 0 Å². The van der Waals surface area contributed by atoms with E-state index in [0.29, 0.717) is 41.7 Å². The van der Waals surface area contributed by atoms with Gasteiger partial charge in [-0.15, -0.1) is 0 Å². The van der Waals surface area contributed by atoms with Crippen LogP contribution >= 0.6 is 11.6 Å². The maximum absolute atomic E-state index is 11.9. The summed E-state index contributed by atoms with van der Waals surface area (Å²) in [7, 11) is 1.34. The van der Waals surface area contributed by atoms with Crippen LogP contribution in [0.15, 0.2) is 12.1 Å². The summed E-state index contributed by atoms with van der Waals surface area (Å²) in [6, 6.07) is 3.25. The zero-order chi connectivity index (χ0) is 14.7. The first-order valence-corrected chi connectivity index (χ1v) is 6.98. The molecule has 110 valence electrons. The Hall–Kier alpha value is -1.46. The summed E-state index contributed by atoms with van der Waals surface area (Å²) < 4.78 is 10.5. The zero-order valence-corrected chi connectivity index (χ0v) is 12.4. The molecule has 0 spiro atoms. The molecule has 5 nitrogen and oxygen atoms in total. The predicted molar refractivity (Wildman–Crippen MR) is 79.4 cm³/mol. The average Bonchev–Trinajstić information content (AvgIpc) is 2.45. The van der Waals surface area contributed by atoms with Gasteiger partial charge in [0.15, 0.2) is 0 Å². The summed E-state index contributed by atoms with van der Waals surface area (Å²) >= 11 is 6.29. The second-order valence-electron chi connectivity index (χ2n) is 4.74. The van der Waals surface area contributed by atoms with Crippen molar-refractivity contribution in [1.82, 2.24) is 0 Å². The first-order valence-electron chi connectivity index (χ1n) is 6.60. The molecule has 20 heavy (non-hydrogen) atoms. The quantitative estimate of drug-likeness (QED) is 0.685. The number of hydrogen-bond donors (Lipinski definition) is 1. The van der Waals surface area contributed by atoms with Crippen molar-refractivity contribution < 1.29 is 14.3 Å². The van der Waals surface area contributed by atoms with Crippen LogP contribution in [-0.4, -0.2) is 38.9 Å². The number of nitrogens with two attached hydrogens (primary N) is 1. The van der Waals surface area contributed by atoms with Gasteiger partial charge in [0.25, 0.3) is 0 Å². The molecule has 6 heteroatoms. The highest BCUT2D eigenvalue weighted by molar-refractivity contribution is 6.34. The topological polar surface area (TPSA) is 64.8 Å². The van der Waals surface area contributed by atoms with Crippen LogP contribution in [0.4, 0.5) is 11.4 Å². The molecule has 1 fully saturated rings. The van der Waals surface area contributed by atoms with E-state index < -0.39 is 5.97 Å². The minimum Gasteiger partial charge on any atom is -0.465 e. The lowest BCUT2D eigenvalue weighted by molar-refractivity contribution is 0.0381. The van der Waals surface area contributed by atoms with Gasteiger partial charge in [-0.25, -0.2) is 4.79 Å². The average molecular weight is 299 g/mol. The Morgan fingerprint density at radius 3 is 3.00 bits per heavy atom. The molecule has 0 aliphatic carbocycles. The fraction of sp³-hybridized carbons (Fsp3) is 0.500. The number of halogens is 1.